The van der Waals surface area contributed by atoms with Gasteiger partial charge in [-0.1, -0.05) is 30.3 Å². The van der Waals surface area contributed by atoms with Crippen molar-refractivity contribution in [3.8, 4) is 11.3 Å². The van der Waals surface area contributed by atoms with Gasteiger partial charge in [0.05, 0.1) is 5.69 Å². The van der Waals surface area contributed by atoms with Crippen molar-refractivity contribution in [3.63, 3.8) is 0 Å². The van der Waals surface area contributed by atoms with Crippen LogP contribution in [-0.4, -0.2) is 4.98 Å². The second-order valence-electron chi connectivity index (χ2n) is 7.80. The lowest BCUT2D eigenvalue weighted by Gasteiger charge is -2.54. The van der Waals surface area contributed by atoms with Crippen molar-refractivity contribution in [3.05, 3.63) is 54.2 Å². The Balaban J connectivity index is 1.51. The molecular formula is C21H23N. The lowest BCUT2D eigenvalue weighted by Crippen LogP contribution is -2.43. The van der Waals surface area contributed by atoms with Crippen LogP contribution in [0.1, 0.15) is 43.6 Å². The molecule has 1 heteroatoms. The zero-order valence-corrected chi connectivity index (χ0v) is 13.0. The van der Waals surface area contributed by atoms with Gasteiger partial charge in [0.1, 0.15) is 0 Å². The van der Waals surface area contributed by atoms with Gasteiger partial charge in [0, 0.05) is 11.8 Å². The van der Waals surface area contributed by atoms with Crippen LogP contribution in [-0.2, 0) is 0 Å². The maximum atomic E-state index is 4.62. The Labute approximate surface area is 132 Å². The zero-order valence-electron chi connectivity index (χ0n) is 13.0. The van der Waals surface area contributed by atoms with E-state index < -0.39 is 0 Å². The SMILES string of the molecule is c1ccc(-c2cc(C3C4CC5CC(C4)CC3C5)ccn2)cc1. The van der Waals surface area contributed by atoms with Crippen LogP contribution in [0, 0.1) is 23.7 Å². The normalized spacial score (nSPS) is 35.7. The highest BCUT2D eigenvalue weighted by Gasteiger charge is 2.48. The molecule has 0 N–H and O–H groups in total. The summed E-state index contributed by atoms with van der Waals surface area (Å²) in [7, 11) is 0. The highest BCUT2D eigenvalue weighted by Crippen LogP contribution is 2.59. The van der Waals surface area contributed by atoms with Crippen LogP contribution >= 0.6 is 0 Å². The lowest BCUT2D eigenvalue weighted by atomic mass is 9.51. The van der Waals surface area contributed by atoms with Gasteiger partial charge in [-0.25, -0.2) is 0 Å². The summed E-state index contributed by atoms with van der Waals surface area (Å²) in [4.78, 5) is 4.62. The van der Waals surface area contributed by atoms with Gasteiger partial charge in [-0.05, 0) is 79.4 Å². The number of nitrogens with zero attached hydrogens (tertiary/aromatic N) is 1. The Kier molecular flexibility index (Phi) is 2.89. The van der Waals surface area contributed by atoms with Crippen LogP contribution in [0.15, 0.2) is 48.7 Å². The molecular weight excluding hydrogens is 266 g/mol. The summed E-state index contributed by atoms with van der Waals surface area (Å²) in [5.41, 5.74) is 3.95. The molecule has 1 nitrogen and oxygen atoms in total. The summed E-state index contributed by atoms with van der Waals surface area (Å²) in [5, 5.41) is 0. The molecule has 22 heavy (non-hydrogen) atoms. The Morgan fingerprint density at radius 3 is 2.14 bits per heavy atom. The van der Waals surface area contributed by atoms with Crippen molar-refractivity contribution >= 4 is 0 Å². The molecule has 1 aromatic carbocycles. The topological polar surface area (TPSA) is 12.9 Å². The monoisotopic (exact) mass is 289 g/mol. The first-order valence-electron chi connectivity index (χ1n) is 8.88. The number of hydrogen-bond donors (Lipinski definition) is 0. The predicted octanol–water partition coefficient (Wildman–Crippen LogP) is 5.29. The Bertz CT molecular complexity index is 647. The molecule has 4 bridgehead atoms. The third-order valence-electron chi connectivity index (χ3n) is 6.47. The summed E-state index contributed by atoms with van der Waals surface area (Å²) in [6, 6.07) is 15.3. The lowest BCUT2D eigenvalue weighted by molar-refractivity contribution is -0.00278. The molecule has 4 aliphatic carbocycles. The van der Waals surface area contributed by atoms with E-state index in [4.69, 9.17) is 0 Å². The van der Waals surface area contributed by atoms with E-state index >= 15 is 0 Å². The highest BCUT2D eigenvalue weighted by molar-refractivity contribution is 5.59. The minimum Gasteiger partial charge on any atom is -0.256 e. The van der Waals surface area contributed by atoms with E-state index in [-0.39, 0.29) is 0 Å². The minimum absolute atomic E-state index is 0.804. The molecule has 1 heterocycles. The summed E-state index contributed by atoms with van der Waals surface area (Å²) >= 11 is 0. The van der Waals surface area contributed by atoms with E-state index in [1.807, 2.05) is 6.20 Å². The average Bonchev–Trinajstić information content (AvgIpc) is 2.55. The molecule has 4 saturated carbocycles. The van der Waals surface area contributed by atoms with E-state index in [9.17, 15) is 0 Å². The Hall–Kier alpha value is -1.63. The Morgan fingerprint density at radius 1 is 0.773 bits per heavy atom. The van der Waals surface area contributed by atoms with E-state index in [1.54, 1.807) is 5.56 Å². The smallest absolute Gasteiger partial charge is 0.0704 e. The number of hydrogen-bond acceptors (Lipinski definition) is 1. The van der Waals surface area contributed by atoms with Crippen LogP contribution < -0.4 is 0 Å². The number of aromatic nitrogens is 1. The summed E-state index contributed by atoms with van der Waals surface area (Å²) < 4.78 is 0. The molecule has 0 radical (unpaired) electrons. The first-order valence-corrected chi connectivity index (χ1v) is 8.88. The first kappa shape index (κ1) is 12.9. The van der Waals surface area contributed by atoms with Gasteiger partial charge in [0.15, 0.2) is 0 Å². The molecule has 0 unspecified atom stereocenters. The average molecular weight is 289 g/mol. The van der Waals surface area contributed by atoms with Crippen molar-refractivity contribution < 1.29 is 0 Å². The van der Waals surface area contributed by atoms with Crippen molar-refractivity contribution in [2.75, 3.05) is 0 Å². The number of benzene rings is 1. The van der Waals surface area contributed by atoms with Gasteiger partial charge >= 0.3 is 0 Å². The number of pyridine rings is 1. The van der Waals surface area contributed by atoms with Gasteiger partial charge in [0.2, 0.25) is 0 Å². The predicted molar refractivity (Wildman–Crippen MR) is 89.5 cm³/mol. The van der Waals surface area contributed by atoms with Crippen LogP contribution in [0.3, 0.4) is 0 Å². The molecule has 0 spiro atoms. The van der Waals surface area contributed by atoms with Crippen LogP contribution in [0.2, 0.25) is 0 Å². The Morgan fingerprint density at radius 2 is 1.45 bits per heavy atom. The van der Waals surface area contributed by atoms with Crippen molar-refractivity contribution in [2.45, 2.75) is 38.0 Å². The fourth-order valence-electron chi connectivity index (χ4n) is 5.89. The zero-order chi connectivity index (χ0) is 14.5. The number of rotatable bonds is 2. The fourth-order valence-corrected chi connectivity index (χ4v) is 5.89. The van der Waals surface area contributed by atoms with Crippen LogP contribution in [0.5, 0.6) is 0 Å². The molecule has 4 fully saturated rings. The molecule has 4 aliphatic rings. The van der Waals surface area contributed by atoms with E-state index in [2.05, 4.69) is 47.4 Å². The highest BCUT2D eigenvalue weighted by atomic mass is 14.7. The first-order chi connectivity index (χ1) is 10.9. The summed E-state index contributed by atoms with van der Waals surface area (Å²) in [6.07, 6.45) is 9.51. The van der Waals surface area contributed by atoms with E-state index in [1.165, 1.54) is 37.7 Å². The van der Waals surface area contributed by atoms with E-state index in [0.29, 0.717) is 0 Å². The third-order valence-corrected chi connectivity index (χ3v) is 6.47. The third kappa shape index (κ3) is 2.02. The van der Waals surface area contributed by atoms with Crippen molar-refractivity contribution in [1.29, 1.82) is 0 Å². The molecule has 1 aromatic heterocycles. The minimum atomic E-state index is 0.804. The maximum Gasteiger partial charge on any atom is 0.0704 e. The van der Waals surface area contributed by atoms with Crippen LogP contribution in [0.25, 0.3) is 11.3 Å². The molecule has 6 rings (SSSR count). The molecule has 0 aliphatic heterocycles. The maximum absolute atomic E-state index is 4.62. The van der Waals surface area contributed by atoms with Crippen molar-refractivity contribution in [2.24, 2.45) is 23.7 Å². The van der Waals surface area contributed by atoms with Gasteiger partial charge in [-0.15, -0.1) is 0 Å². The molecule has 0 amide bonds. The molecule has 2 aromatic rings. The quantitative estimate of drug-likeness (QED) is 0.732. The largest absolute Gasteiger partial charge is 0.256 e. The second kappa shape index (κ2) is 4.94. The van der Waals surface area contributed by atoms with Gasteiger partial charge < -0.3 is 0 Å². The van der Waals surface area contributed by atoms with Gasteiger partial charge in [0.25, 0.3) is 0 Å². The molecule has 0 atom stereocenters. The standard InChI is InChI=1S/C21H23N/c1-2-4-16(5-3-1)20-13-17(6-7-22-20)21-18-9-14-8-15(11-18)12-19(21)10-14/h1-7,13-15,18-19,21H,8-12H2. The van der Waals surface area contributed by atoms with Gasteiger partial charge in [-0.3, -0.25) is 4.98 Å². The van der Waals surface area contributed by atoms with Crippen molar-refractivity contribution in [1.82, 2.24) is 4.98 Å². The second-order valence-corrected chi connectivity index (χ2v) is 7.80. The van der Waals surface area contributed by atoms with Gasteiger partial charge in [-0.2, -0.15) is 0 Å². The van der Waals surface area contributed by atoms with E-state index in [0.717, 1.165) is 35.3 Å². The summed E-state index contributed by atoms with van der Waals surface area (Å²) in [6.45, 7) is 0. The molecule has 112 valence electrons. The fraction of sp³-hybridized carbons (Fsp3) is 0.476. The summed E-state index contributed by atoms with van der Waals surface area (Å²) in [5.74, 6) is 4.80. The van der Waals surface area contributed by atoms with Crippen LogP contribution in [0.4, 0.5) is 0 Å². The molecule has 0 saturated heterocycles.